The number of hydrogen-bond donors (Lipinski definition) is 0. The maximum atomic E-state index is 13.3. The lowest BCUT2D eigenvalue weighted by Gasteiger charge is -2.25. The zero-order valence-electron chi connectivity index (χ0n) is 18.8. The Kier molecular flexibility index (Phi) is 7.00. The van der Waals surface area contributed by atoms with Crippen molar-refractivity contribution in [2.75, 3.05) is 20.1 Å². The van der Waals surface area contributed by atoms with Crippen molar-refractivity contribution in [3.63, 3.8) is 0 Å². The van der Waals surface area contributed by atoms with Gasteiger partial charge in [-0.05, 0) is 54.4 Å². The monoisotopic (exact) mass is 498 g/mol. The van der Waals surface area contributed by atoms with Crippen molar-refractivity contribution in [1.29, 1.82) is 0 Å². The van der Waals surface area contributed by atoms with Gasteiger partial charge in [0.05, 0.1) is 17.2 Å². The van der Waals surface area contributed by atoms with E-state index in [1.807, 2.05) is 49.4 Å². The molecule has 1 unspecified atom stereocenters. The van der Waals surface area contributed by atoms with Gasteiger partial charge in [-0.25, -0.2) is 9.40 Å². The topological polar surface area (TPSA) is 65.3 Å². The summed E-state index contributed by atoms with van der Waals surface area (Å²) in [7, 11) is -2.33. The Balaban J connectivity index is 1.79. The Morgan fingerprint density at radius 3 is 2.35 bits per heavy atom. The molecule has 0 amide bonds. The molecule has 1 heterocycles. The van der Waals surface area contributed by atoms with Crippen molar-refractivity contribution in [1.82, 2.24) is 9.91 Å². The van der Waals surface area contributed by atoms with Crippen LogP contribution >= 0.6 is 11.6 Å². The van der Waals surface area contributed by atoms with Crippen molar-refractivity contribution >= 4 is 33.3 Å². The third-order valence-corrected chi connectivity index (χ3v) is 7.14. The van der Waals surface area contributed by atoms with E-state index in [9.17, 15) is 12.8 Å². The van der Waals surface area contributed by atoms with Crippen LogP contribution in [0.3, 0.4) is 0 Å². The molecular formula is C25H24ClFN4O2S. The average molecular weight is 499 g/mol. The Morgan fingerprint density at radius 1 is 1.09 bits per heavy atom. The second-order valence-corrected chi connectivity index (χ2v) is 9.91. The number of sulfonamides is 1. The SMILES string of the molecule is CCN(C)/C(=N/S(=O)(=O)c1ccc(F)cc1)N1CC(c2ccccc2)C(c2ccc(Cl)cc2)=N1. The van der Waals surface area contributed by atoms with Crippen molar-refractivity contribution < 1.29 is 12.8 Å². The van der Waals surface area contributed by atoms with Gasteiger partial charge in [0.15, 0.2) is 0 Å². The van der Waals surface area contributed by atoms with Gasteiger partial charge in [-0.2, -0.15) is 13.5 Å². The van der Waals surface area contributed by atoms with E-state index in [1.54, 1.807) is 29.1 Å². The number of rotatable bonds is 5. The number of hydrogen-bond acceptors (Lipinski definition) is 3. The molecule has 0 saturated heterocycles. The summed E-state index contributed by atoms with van der Waals surface area (Å²) in [6.45, 7) is 2.81. The van der Waals surface area contributed by atoms with Crippen molar-refractivity contribution in [3.05, 3.63) is 101 Å². The van der Waals surface area contributed by atoms with E-state index in [4.69, 9.17) is 16.7 Å². The quantitative estimate of drug-likeness (QED) is 0.367. The largest absolute Gasteiger partial charge is 0.344 e. The predicted molar refractivity (Wildman–Crippen MR) is 133 cm³/mol. The molecule has 0 N–H and O–H groups in total. The lowest BCUT2D eigenvalue weighted by atomic mass is 9.91. The Bertz CT molecular complexity index is 1310. The number of benzene rings is 3. The highest BCUT2D eigenvalue weighted by atomic mass is 35.5. The van der Waals surface area contributed by atoms with E-state index in [1.165, 1.54) is 12.1 Å². The van der Waals surface area contributed by atoms with Crippen LogP contribution in [-0.4, -0.2) is 50.1 Å². The summed E-state index contributed by atoms with van der Waals surface area (Å²) in [5.74, 6) is -0.431. The minimum atomic E-state index is -4.09. The lowest BCUT2D eigenvalue weighted by molar-refractivity contribution is 0.382. The maximum absolute atomic E-state index is 13.3. The van der Waals surface area contributed by atoms with E-state index in [-0.39, 0.29) is 16.8 Å². The van der Waals surface area contributed by atoms with Crippen LogP contribution in [0.1, 0.15) is 24.0 Å². The van der Waals surface area contributed by atoms with Crippen LogP contribution in [0.15, 0.2) is 93.3 Å². The summed E-state index contributed by atoms with van der Waals surface area (Å²) in [5.41, 5.74) is 2.73. The zero-order chi connectivity index (χ0) is 24.3. The maximum Gasteiger partial charge on any atom is 0.285 e. The van der Waals surface area contributed by atoms with Crippen molar-refractivity contribution in [2.24, 2.45) is 9.50 Å². The smallest absolute Gasteiger partial charge is 0.285 e. The summed E-state index contributed by atoms with van der Waals surface area (Å²) in [5, 5.41) is 7.05. The zero-order valence-corrected chi connectivity index (χ0v) is 20.3. The molecule has 0 saturated carbocycles. The normalized spacial score (nSPS) is 16.5. The third-order valence-electron chi connectivity index (χ3n) is 5.62. The highest BCUT2D eigenvalue weighted by Gasteiger charge is 2.33. The Morgan fingerprint density at radius 2 is 1.74 bits per heavy atom. The van der Waals surface area contributed by atoms with Gasteiger partial charge in [-0.15, -0.1) is 4.40 Å². The fourth-order valence-electron chi connectivity index (χ4n) is 3.68. The fourth-order valence-corrected chi connectivity index (χ4v) is 4.84. The number of hydrazone groups is 1. The van der Waals surface area contributed by atoms with Gasteiger partial charge >= 0.3 is 0 Å². The lowest BCUT2D eigenvalue weighted by Crippen LogP contribution is -2.39. The highest BCUT2D eigenvalue weighted by Crippen LogP contribution is 2.30. The van der Waals surface area contributed by atoms with Crippen LogP contribution in [0.2, 0.25) is 5.02 Å². The molecule has 0 spiro atoms. The van der Waals surface area contributed by atoms with E-state index >= 15 is 0 Å². The van der Waals surface area contributed by atoms with Gasteiger partial charge in [0.2, 0.25) is 5.96 Å². The second-order valence-electron chi connectivity index (χ2n) is 7.87. The van der Waals surface area contributed by atoms with E-state index in [2.05, 4.69) is 4.40 Å². The first kappa shape index (κ1) is 23.9. The van der Waals surface area contributed by atoms with E-state index < -0.39 is 15.8 Å². The summed E-state index contributed by atoms with van der Waals surface area (Å²) in [6.07, 6.45) is 0. The van der Waals surface area contributed by atoms with Crippen LogP contribution in [0, 0.1) is 5.82 Å². The van der Waals surface area contributed by atoms with E-state index in [0.29, 0.717) is 18.1 Å². The van der Waals surface area contributed by atoms with Gasteiger partial charge in [0.25, 0.3) is 10.0 Å². The molecule has 6 nitrogen and oxygen atoms in total. The van der Waals surface area contributed by atoms with Crippen molar-refractivity contribution in [3.8, 4) is 0 Å². The number of guanidine groups is 1. The molecule has 1 aliphatic rings. The Hall–Kier alpha value is -3.23. The molecule has 3 aromatic rings. The number of halogens is 2. The van der Waals surface area contributed by atoms with Crippen LogP contribution in [0.4, 0.5) is 4.39 Å². The van der Waals surface area contributed by atoms with Gasteiger partial charge in [0, 0.05) is 24.5 Å². The fraction of sp³-hybridized carbons (Fsp3) is 0.200. The van der Waals surface area contributed by atoms with Gasteiger partial charge in [-0.1, -0.05) is 54.1 Å². The molecule has 0 fully saturated rings. The molecular weight excluding hydrogens is 475 g/mol. The first-order valence-electron chi connectivity index (χ1n) is 10.8. The van der Waals surface area contributed by atoms with Crippen LogP contribution in [0.25, 0.3) is 0 Å². The molecule has 0 radical (unpaired) electrons. The molecule has 3 aromatic carbocycles. The first-order valence-corrected chi connectivity index (χ1v) is 12.6. The average Bonchev–Trinajstić information content (AvgIpc) is 3.28. The van der Waals surface area contributed by atoms with Gasteiger partial charge in [-0.3, -0.25) is 0 Å². The molecule has 176 valence electrons. The summed E-state index contributed by atoms with van der Waals surface area (Å²) in [6, 6.07) is 21.9. The summed E-state index contributed by atoms with van der Waals surface area (Å²) >= 11 is 6.09. The van der Waals surface area contributed by atoms with Crippen LogP contribution in [-0.2, 0) is 10.0 Å². The molecule has 34 heavy (non-hydrogen) atoms. The van der Waals surface area contributed by atoms with Crippen molar-refractivity contribution in [2.45, 2.75) is 17.7 Å². The van der Waals surface area contributed by atoms with Crippen LogP contribution < -0.4 is 0 Å². The summed E-state index contributed by atoms with van der Waals surface area (Å²) in [4.78, 5) is 1.63. The standard InChI is InChI=1S/C25H24ClFN4O2S/c1-3-30(2)25(29-34(32,33)22-15-13-21(27)14-16-22)31-17-23(18-7-5-4-6-8-18)24(28-31)19-9-11-20(26)12-10-19/h4-16,23H,3,17H2,1-2H3/b29-25-. The minimum Gasteiger partial charge on any atom is -0.344 e. The molecule has 4 rings (SSSR count). The highest BCUT2D eigenvalue weighted by molar-refractivity contribution is 7.90. The Labute approximate surface area is 204 Å². The summed E-state index contributed by atoms with van der Waals surface area (Å²) < 4.78 is 43.5. The van der Waals surface area contributed by atoms with Gasteiger partial charge < -0.3 is 4.90 Å². The number of nitrogens with zero attached hydrogens (tertiary/aromatic N) is 4. The second kappa shape index (κ2) is 9.95. The van der Waals surface area contributed by atoms with Crippen LogP contribution in [0.5, 0.6) is 0 Å². The first-order chi connectivity index (χ1) is 16.3. The molecule has 1 aliphatic heterocycles. The van der Waals surface area contributed by atoms with E-state index in [0.717, 1.165) is 29.0 Å². The minimum absolute atomic E-state index is 0.0865. The molecule has 1 atom stereocenters. The molecule has 0 aromatic heterocycles. The third kappa shape index (κ3) is 5.13. The predicted octanol–water partition coefficient (Wildman–Crippen LogP) is 4.98. The van der Waals surface area contributed by atoms with Gasteiger partial charge in [0.1, 0.15) is 5.82 Å². The molecule has 0 bridgehead atoms. The molecule has 9 heteroatoms. The molecule has 0 aliphatic carbocycles.